The van der Waals surface area contributed by atoms with Crippen molar-refractivity contribution < 1.29 is 48.7 Å². The lowest BCUT2D eigenvalue weighted by atomic mass is 10.1. The number of benzene rings is 2. The van der Waals surface area contributed by atoms with Gasteiger partial charge in [0.1, 0.15) is 17.2 Å². The normalized spacial score (nSPS) is 11.5. The zero-order valence-electron chi connectivity index (χ0n) is 27.2. The highest BCUT2D eigenvalue weighted by molar-refractivity contribution is 6.04. The average molecular weight is 751 g/mol. The number of halogens is 10. The minimum atomic E-state index is -4.57. The van der Waals surface area contributed by atoms with Gasteiger partial charge < -0.3 is 10.6 Å². The van der Waals surface area contributed by atoms with Crippen LogP contribution in [0.2, 0.25) is 0 Å². The Bertz CT molecular complexity index is 2190. The van der Waals surface area contributed by atoms with E-state index in [9.17, 15) is 48.7 Å². The van der Waals surface area contributed by atoms with Gasteiger partial charge in [0.25, 0.3) is 5.91 Å². The number of alkyl halides is 6. The fourth-order valence-electron chi connectivity index (χ4n) is 4.85. The molecule has 0 aliphatic rings. The summed E-state index contributed by atoms with van der Waals surface area (Å²) >= 11 is 0. The maximum atomic E-state index is 13.6. The van der Waals surface area contributed by atoms with Crippen LogP contribution in [0, 0.1) is 23.3 Å². The molecule has 2 N–H and O–H groups in total. The number of pyridine rings is 2. The molecule has 1 amide bonds. The van der Waals surface area contributed by atoms with Crippen molar-refractivity contribution in [1.29, 1.82) is 0 Å². The summed E-state index contributed by atoms with van der Waals surface area (Å²) in [7, 11) is 2.79. The Kier molecular flexibility index (Phi) is 10.8. The van der Waals surface area contributed by atoms with E-state index in [4.69, 9.17) is 0 Å². The molecule has 0 bridgehead atoms. The number of hydrogen-bond acceptors (Lipinski definition) is 6. The molecular formula is C34H24F10N8O. The van der Waals surface area contributed by atoms with E-state index in [2.05, 4.69) is 30.8 Å². The highest BCUT2D eigenvalue weighted by Gasteiger charge is 2.35. The van der Waals surface area contributed by atoms with Crippen LogP contribution in [0.5, 0.6) is 0 Å². The quantitative estimate of drug-likeness (QED) is 0.159. The highest BCUT2D eigenvalue weighted by atomic mass is 19.4. The monoisotopic (exact) mass is 750 g/mol. The third-order valence-electron chi connectivity index (χ3n) is 7.46. The molecule has 0 unspecified atom stereocenters. The SMILES string of the molecule is Cn1nc(C(F)(F)F)cc1-c1ccc(NC(=O)c2c(F)cncc2F)cc1.Cn1nc(C(F)(F)F)cc1-c1ccc(NCc2c(F)cncc2F)cc1. The first-order valence-electron chi connectivity index (χ1n) is 15.0. The Morgan fingerprint density at radius 2 is 1.02 bits per heavy atom. The fourth-order valence-corrected chi connectivity index (χ4v) is 4.85. The minimum absolute atomic E-state index is 0.0938. The van der Waals surface area contributed by atoms with Crippen molar-refractivity contribution in [2.75, 3.05) is 10.6 Å². The van der Waals surface area contributed by atoms with Gasteiger partial charge in [-0.1, -0.05) is 24.3 Å². The van der Waals surface area contributed by atoms with Crippen LogP contribution in [0.25, 0.3) is 22.5 Å². The second-order valence-corrected chi connectivity index (χ2v) is 11.1. The summed E-state index contributed by atoms with van der Waals surface area (Å²) in [5.74, 6) is -4.76. The summed E-state index contributed by atoms with van der Waals surface area (Å²) in [6, 6.07) is 13.9. The third kappa shape index (κ3) is 8.97. The molecule has 2 aromatic carbocycles. The van der Waals surface area contributed by atoms with Crippen LogP contribution in [-0.2, 0) is 33.0 Å². The molecule has 0 aliphatic heterocycles. The summed E-state index contributed by atoms with van der Waals surface area (Å²) < 4.78 is 133. The Morgan fingerprint density at radius 1 is 0.623 bits per heavy atom. The summed E-state index contributed by atoms with van der Waals surface area (Å²) in [6.45, 7) is -0.0938. The van der Waals surface area contributed by atoms with Crippen LogP contribution in [-0.4, -0.2) is 35.4 Å². The number of anilines is 2. The fraction of sp³-hybridized carbons (Fsp3) is 0.147. The van der Waals surface area contributed by atoms with Gasteiger partial charge >= 0.3 is 12.4 Å². The molecule has 6 aromatic rings. The summed E-state index contributed by atoms with van der Waals surface area (Å²) in [6.07, 6.45) is -5.82. The molecular weight excluding hydrogens is 726 g/mol. The van der Waals surface area contributed by atoms with Gasteiger partial charge in [0.15, 0.2) is 23.0 Å². The number of amides is 1. The smallest absolute Gasteiger partial charge is 0.381 e. The van der Waals surface area contributed by atoms with Gasteiger partial charge in [-0.25, -0.2) is 17.6 Å². The van der Waals surface area contributed by atoms with Crippen molar-refractivity contribution in [2.45, 2.75) is 18.9 Å². The molecule has 4 heterocycles. The van der Waals surface area contributed by atoms with E-state index in [-0.39, 0.29) is 23.5 Å². The van der Waals surface area contributed by atoms with E-state index in [1.165, 1.54) is 38.4 Å². The van der Waals surface area contributed by atoms with Gasteiger partial charge in [-0.2, -0.15) is 36.5 Å². The molecule has 0 spiro atoms. The molecule has 53 heavy (non-hydrogen) atoms. The van der Waals surface area contributed by atoms with Crippen molar-refractivity contribution in [3.8, 4) is 22.5 Å². The zero-order chi connectivity index (χ0) is 38.7. The van der Waals surface area contributed by atoms with Crippen LogP contribution in [0.15, 0.2) is 85.5 Å². The molecule has 276 valence electrons. The first-order chi connectivity index (χ1) is 24.9. The Balaban J connectivity index is 0.000000204. The van der Waals surface area contributed by atoms with Gasteiger partial charge in [0, 0.05) is 37.6 Å². The van der Waals surface area contributed by atoms with Crippen LogP contribution in [0.4, 0.5) is 55.3 Å². The second-order valence-electron chi connectivity index (χ2n) is 11.1. The predicted octanol–water partition coefficient (Wildman–Crippen LogP) is 8.42. The Labute approximate surface area is 292 Å². The van der Waals surface area contributed by atoms with E-state index in [1.807, 2.05) is 0 Å². The number of carbonyl (C=O) groups excluding carboxylic acids is 1. The molecule has 0 radical (unpaired) electrons. The minimum Gasteiger partial charge on any atom is -0.381 e. The molecule has 0 saturated heterocycles. The lowest BCUT2D eigenvalue weighted by Crippen LogP contribution is -2.16. The topological polar surface area (TPSA) is 103 Å². The van der Waals surface area contributed by atoms with Crippen molar-refractivity contribution >= 4 is 17.3 Å². The second kappa shape index (κ2) is 15.1. The van der Waals surface area contributed by atoms with E-state index in [0.29, 0.717) is 34.9 Å². The molecule has 0 fully saturated rings. The third-order valence-corrected chi connectivity index (χ3v) is 7.46. The van der Waals surface area contributed by atoms with Crippen LogP contribution < -0.4 is 10.6 Å². The van der Waals surface area contributed by atoms with E-state index < -0.39 is 58.5 Å². The van der Waals surface area contributed by atoms with Gasteiger partial charge in [-0.15, -0.1) is 0 Å². The van der Waals surface area contributed by atoms with Gasteiger partial charge in [0.2, 0.25) is 0 Å². The molecule has 6 rings (SSSR count). The molecule has 0 atom stereocenters. The number of aryl methyl sites for hydroxylation is 2. The van der Waals surface area contributed by atoms with E-state index in [0.717, 1.165) is 33.9 Å². The Hall–Kier alpha value is -6.27. The molecule has 0 aliphatic carbocycles. The largest absolute Gasteiger partial charge is 0.435 e. The number of nitrogens with zero attached hydrogens (tertiary/aromatic N) is 6. The van der Waals surface area contributed by atoms with Crippen LogP contribution in [0.1, 0.15) is 27.3 Å². The van der Waals surface area contributed by atoms with Gasteiger partial charge in [-0.3, -0.25) is 24.1 Å². The zero-order valence-corrected chi connectivity index (χ0v) is 27.2. The van der Waals surface area contributed by atoms with Crippen molar-refractivity contribution in [2.24, 2.45) is 14.1 Å². The Morgan fingerprint density at radius 3 is 1.42 bits per heavy atom. The number of carbonyl (C=O) groups is 1. The van der Waals surface area contributed by atoms with E-state index in [1.54, 1.807) is 24.3 Å². The maximum absolute atomic E-state index is 13.6. The highest BCUT2D eigenvalue weighted by Crippen LogP contribution is 2.33. The number of nitrogens with one attached hydrogen (secondary N) is 2. The molecule has 19 heteroatoms. The lowest BCUT2D eigenvalue weighted by molar-refractivity contribution is -0.142. The lowest BCUT2D eigenvalue weighted by Gasteiger charge is -2.09. The summed E-state index contributed by atoms with van der Waals surface area (Å²) in [5.41, 5.74) is -0.702. The van der Waals surface area contributed by atoms with E-state index >= 15 is 0 Å². The summed E-state index contributed by atoms with van der Waals surface area (Å²) in [4.78, 5) is 18.7. The van der Waals surface area contributed by atoms with Crippen molar-refractivity contribution in [1.82, 2.24) is 29.5 Å². The number of aromatic nitrogens is 6. The van der Waals surface area contributed by atoms with Gasteiger partial charge in [0.05, 0.1) is 36.2 Å². The number of hydrogen-bond donors (Lipinski definition) is 2. The maximum Gasteiger partial charge on any atom is 0.435 e. The first-order valence-corrected chi connectivity index (χ1v) is 15.0. The average Bonchev–Trinajstić information content (AvgIpc) is 3.68. The van der Waals surface area contributed by atoms with Crippen molar-refractivity contribution in [3.63, 3.8) is 0 Å². The van der Waals surface area contributed by atoms with Crippen LogP contribution in [0.3, 0.4) is 0 Å². The number of rotatable bonds is 7. The molecule has 4 aromatic heterocycles. The first kappa shape index (κ1) is 38.0. The predicted molar refractivity (Wildman–Crippen MR) is 171 cm³/mol. The summed E-state index contributed by atoms with van der Waals surface area (Å²) in [5, 5.41) is 12.1. The van der Waals surface area contributed by atoms with Gasteiger partial charge in [-0.05, 0) is 47.5 Å². The standard InChI is InChI=1S/C17H11F5N4O.C17H13F5N4/c1-26-13(6-14(25-26)17(20,21)22)9-2-4-10(5-3-9)24-16(27)15-11(18)7-23-8-12(15)19;1-26-15(6-16(25-26)17(20,21)22)10-2-4-11(5-3-10)24-7-12-13(18)8-23-9-14(12)19/h2-8H,1H3,(H,24,27);2-6,8-9,24H,7H2,1H3. The molecule has 0 saturated carbocycles. The van der Waals surface area contributed by atoms with Crippen LogP contribution >= 0.6 is 0 Å². The van der Waals surface area contributed by atoms with Crippen molar-refractivity contribution in [3.05, 3.63) is 131 Å². The molecule has 9 nitrogen and oxygen atoms in total.